The van der Waals surface area contributed by atoms with Crippen molar-refractivity contribution >= 4 is 56.1 Å². The maximum absolute atomic E-state index is 12.8. The van der Waals surface area contributed by atoms with Gasteiger partial charge in [-0.1, -0.05) is 53.0 Å². The molecule has 0 aliphatic heterocycles. The Balaban J connectivity index is 1.80. The van der Waals surface area contributed by atoms with E-state index >= 15 is 0 Å². The number of nitrogens with zero attached hydrogens (tertiary/aromatic N) is 2. The van der Waals surface area contributed by atoms with Gasteiger partial charge in [-0.15, -0.1) is 0 Å². The highest BCUT2D eigenvalue weighted by molar-refractivity contribution is 7.87. The molecule has 0 aliphatic rings. The number of para-hydroxylation sites is 2. The molecule has 4 aromatic rings. The molecule has 0 saturated carbocycles. The molecule has 0 atom stereocenters. The number of oxazole rings is 1. The number of benzene rings is 3. The number of nitriles is 1. The van der Waals surface area contributed by atoms with Gasteiger partial charge in [0.1, 0.15) is 22.1 Å². The van der Waals surface area contributed by atoms with Crippen LogP contribution in [0.1, 0.15) is 17.0 Å². The third-order valence-electron chi connectivity index (χ3n) is 4.48. The molecule has 9 heteroatoms. The van der Waals surface area contributed by atoms with E-state index in [2.05, 4.69) is 4.98 Å². The van der Waals surface area contributed by atoms with Crippen LogP contribution in [0, 0.1) is 18.3 Å². The summed E-state index contributed by atoms with van der Waals surface area (Å²) in [6.45, 7) is 1.84. The predicted octanol–water partition coefficient (Wildman–Crippen LogP) is 6.27. The summed E-state index contributed by atoms with van der Waals surface area (Å²) in [6, 6.07) is 18.0. The Kier molecular flexibility index (Phi) is 5.94. The van der Waals surface area contributed by atoms with Gasteiger partial charge in [0.05, 0.1) is 5.02 Å². The molecule has 1 aromatic heterocycles. The Labute approximate surface area is 194 Å². The van der Waals surface area contributed by atoms with E-state index in [1.54, 1.807) is 36.4 Å². The van der Waals surface area contributed by atoms with Crippen LogP contribution >= 0.6 is 23.2 Å². The van der Waals surface area contributed by atoms with Gasteiger partial charge in [0.25, 0.3) is 0 Å². The molecule has 0 amide bonds. The van der Waals surface area contributed by atoms with Crippen LogP contribution in [0.5, 0.6) is 5.75 Å². The first kappa shape index (κ1) is 21.9. The molecular weight excluding hydrogens is 471 g/mol. The Morgan fingerprint density at radius 3 is 2.53 bits per heavy atom. The molecular formula is C23H14Cl2N2O4S. The first-order valence-electron chi connectivity index (χ1n) is 9.25. The van der Waals surface area contributed by atoms with Crippen LogP contribution in [0.4, 0.5) is 0 Å². The van der Waals surface area contributed by atoms with E-state index in [4.69, 9.17) is 31.8 Å². The van der Waals surface area contributed by atoms with Crippen LogP contribution in [0.25, 0.3) is 22.7 Å². The smallest absolute Gasteiger partial charge is 0.339 e. The van der Waals surface area contributed by atoms with E-state index in [0.29, 0.717) is 11.1 Å². The molecule has 3 aromatic carbocycles. The molecule has 32 heavy (non-hydrogen) atoms. The van der Waals surface area contributed by atoms with Crippen molar-refractivity contribution in [1.82, 2.24) is 4.98 Å². The fraction of sp³-hybridized carbons (Fsp3) is 0.0435. The third-order valence-corrected chi connectivity index (χ3v) is 6.22. The van der Waals surface area contributed by atoms with Crippen molar-refractivity contribution in [3.05, 3.63) is 87.7 Å². The molecule has 6 nitrogen and oxygen atoms in total. The fourth-order valence-corrected chi connectivity index (χ4v) is 4.49. The van der Waals surface area contributed by atoms with Crippen LogP contribution in [0.2, 0.25) is 10.0 Å². The lowest BCUT2D eigenvalue weighted by atomic mass is 10.1. The van der Waals surface area contributed by atoms with Gasteiger partial charge in [-0.25, -0.2) is 4.98 Å². The zero-order chi connectivity index (χ0) is 22.9. The number of hydrogen-bond donors (Lipinski definition) is 0. The summed E-state index contributed by atoms with van der Waals surface area (Å²) < 4.78 is 36.6. The topological polar surface area (TPSA) is 93.2 Å². The summed E-state index contributed by atoms with van der Waals surface area (Å²) in [5, 5.41) is 9.89. The molecule has 0 bridgehead atoms. The minimum atomic E-state index is -4.19. The van der Waals surface area contributed by atoms with Crippen molar-refractivity contribution in [1.29, 1.82) is 5.26 Å². The molecule has 0 fully saturated rings. The van der Waals surface area contributed by atoms with Gasteiger partial charge in [-0.2, -0.15) is 13.7 Å². The van der Waals surface area contributed by atoms with Gasteiger partial charge in [0.15, 0.2) is 11.3 Å². The Hall–Kier alpha value is -3.31. The van der Waals surface area contributed by atoms with E-state index in [1.807, 2.05) is 13.0 Å². The minimum Gasteiger partial charge on any atom is -0.435 e. The number of aryl methyl sites for hydroxylation is 1. The second-order valence-corrected chi connectivity index (χ2v) is 9.20. The molecule has 4 rings (SSSR count). The lowest BCUT2D eigenvalue weighted by Crippen LogP contribution is -2.11. The van der Waals surface area contributed by atoms with Gasteiger partial charge in [-0.3, -0.25) is 0 Å². The summed E-state index contributed by atoms with van der Waals surface area (Å²) in [5.41, 5.74) is 2.20. The van der Waals surface area contributed by atoms with Crippen molar-refractivity contribution < 1.29 is 17.0 Å². The number of aromatic nitrogens is 1. The molecule has 0 spiro atoms. The SMILES string of the molecule is Cc1ccc(S(=O)(=O)Oc2c(Cl)cc(Cl)cc2/C=C(\C#N)c2nc3ccccc3o2)cc1. The zero-order valence-electron chi connectivity index (χ0n) is 16.5. The van der Waals surface area contributed by atoms with Crippen molar-refractivity contribution in [2.75, 3.05) is 0 Å². The molecule has 0 aliphatic carbocycles. The number of hydrogen-bond acceptors (Lipinski definition) is 6. The second-order valence-electron chi connectivity index (χ2n) is 6.81. The van der Waals surface area contributed by atoms with E-state index in [-0.39, 0.29) is 37.7 Å². The standard InChI is InChI=1S/C23H14Cl2N2O4S/c1-14-6-8-18(9-7-14)32(28,29)31-22-15(11-17(24)12-19(22)25)10-16(13-26)23-27-20-4-2-3-5-21(20)30-23/h2-12H,1H3/b16-10+. The normalized spacial score (nSPS) is 12.0. The van der Waals surface area contributed by atoms with E-state index in [0.717, 1.165) is 5.56 Å². The quantitative estimate of drug-likeness (QED) is 0.244. The average molecular weight is 485 g/mol. The molecule has 0 N–H and O–H groups in total. The van der Waals surface area contributed by atoms with Crippen LogP contribution in [0.15, 0.2) is 70.0 Å². The fourth-order valence-electron chi connectivity index (χ4n) is 2.92. The highest BCUT2D eigenvalue weighted by atomic mass is 35.5. The highest BCUT2D eigenvalue weighted by Crippen LogP contribution is 2.37. The van der Waals surface area contributed by atoms with Crippen LogP contribution < -0.4 is 4.18 Å². The summed E-state index contributed by atoms with van der Waals surface area (Å²) in [4.78, 5) is 4.26. The van der Waals surface area contributed by atoms with Crippen molar-refractivity contribution in [3.63, 3.8) is 0 Å². The lowest BCUT2D eigenvalue weighted by Gasteiger charge is -2.12. The number of halogens is 2. The van der Waals surface area contributed by atoms with Gasteiger partial charge >= 0.3 is 10.1 Å². The number of rotatable bonds is 5. The van der Waals surface area contributed by atoms with E-state index in [9.17, 15) is 13.7 Å². The maximum Gasteiger partial charge on any atom is 0.339 e. The van der Waals surface area contributed by atoms with Crippen molar-refractivity contribution in [2.24, 2.45) is 0 Å². The van der Waals surface area contributed by atoms with E-state index < -0.39 is 10.1 Å². The third kappa shape index (κ3) is 4.48. The summed E-state index contributed by atoms with van der Waals surface area (Å²) in [5.74, 6) is -0.0994. The monoisotopic (exact) mass is 484 g/mol. The summed E-state index contributed by atoms with van der Waals surface area (Å²) >= 11 is 12.4. The lowest BCUT2D eigenvalue weighted by molar-refractivity contribution is 0.485. The van der Waals surface area contributed by atoms with Crippen LogP contribution in [-0.4, -0.2) is 13.4 Å². The Morgan fingerprint density at radius 2 is 1.84 bits per heavy atom. The van der Waals surface area contributed by atoms with Gasteiger partial charge in [0, 0.05) is 10.6 Å². The van der Waals surface area contributed by atoms with Gasteiger partial charge < -0.3 is 8.60 Å². The molecule has 1 heterocycles. The summed E-state index contributed by atoms with van der Waals surface area (Å²) in [7, 11) is -4.19. The maximum atomic E-state index is 12.8. The predicted molar refractivity (Wildman–Crippen MR) is 123 cm³/mol. The highest BCUT2D eigenvalue weighted by Gasteiger charge is 2.22. The second kappa shape index (κ2) is 8.67. The summed E-state index contributed by atoms with van der Waals surface area (Å²) in [6.07, 6.45) is 1.36. The first-order chi connectivity index (χ1) is 15.3. The largest absolute Gasteiger partial charge is 0.435 e. The van der Waals surface area contributed by atoms with Crippen LogP contribution in [0.3, 0.4) is 0 Å². The Morgan fingerprint density at radius 1 is 1.12 bits per heavy atom. The van der Waals surface area contributed by atoms with Crippen LogP contribution in [-0.2, 0) is 10.1 Å². The first-order valence-corrected chi connectivity index (χ1v) is 11.4. The molecule has 0 radical (unpaired) electrons. The Bertz CT molecular complexity index is 1470. The molecule has 0 unspecified atom stereocenters. The minimum absolute atomic E-state index is 0.0331. The molecule has 0 saturated heterocycles. The van der Waals surface area contributed by atoms with Crippen molar-refractivity contribution in [3.8, 4) is 11.8 Å². The average Bonchev–Trinajstić information content (AvgIpc) is 3.18. The number of fused-ring (bicyclic) bond motifs is 1. The number of allylic oxidation sites excluding steroid dienone is 1. The van der Waals surface area contributed by atoms with E-state index in [1.165, 1.54) is 30.3 Å². The zero-order valence-corrected chi connectivity index (χ0v) is 18.9. The van der Waals surface area contributed by atoms with Gasteiger partial charge in [-0.05, 0) is 49.4 Å². The molecule has 160 valence electrons. The van der Waals surface area contributed by atoms with Crippen molar-refractivity contribution in [2.45, 2.75) is 11.8 Å². The van der Waals surface area contributed by atoms with Gasteiger partial charge in [0.2, 0.25) is 5.89 Å².